The number of nitrogens with zero attached hydrogens (tertiary/aromatic N) is 2. The number of Topliss-reactive ketones (excluding diaryl/α,β-unsaturated/α-hetero) is 1. The molecule has 4 aromatic rings. The summed E-state index contributed by atoms with van der Waals surface area (Å²) in [6.07, 6.45) is 5.52. The lowest BCUT2D eigenvalue weighted by atomic mass is 9.89. The highest BCUT2D eigenvalue weighted by atomic mass is 35.5. The Bertz CT molecular complexity index is 1390. The zero-order chi connectivity index (χ0) is 23.2. The first-order chi connectivity index (χ1) is 16.6. The van der Waals surface area contributed by atoms with Crippen molar-refractivity contribution in [1.29, 1.82) is 0 Å². The summed E-state index contributed by atoms with van der Waals surface area (Å²) in [5.74, 6) is 1.28. The molecule has 2 atom stereocenters. The van der Waals surface area contributed by atoms with Gasteiger partial charge in [0.2, 0.25) is 5.88 Å². The van der Waals surface area contributed by atoms with E-state index in [0.717, 1.165) is 58.4 Å². The summed E-state index contributed by atoms with van der Waals surface area (Å²) in [6.45, 7) is 2.22. The van der Waals surface area contributed by atoms with Crippen LogP contribution in [0.1, 0.15) is 22.3 Å². The van der Waals surface area contributed by atoms with Gasteiger partial charge in [-0.25, -0.2) is 5.10 Å². The summed E-state index contributed by atoms with van der Waals surface area (Å²) in [5, 5.41) is 12.1. The molecule has 2 aliphatic heterocycles. The predicted molar refractivity (Wildman–Crippen MR) is 131 cm³/mol. The maximum Gasteiger partial charge on any atom is 0.216 e. The first-order valence-electron chi connectivity index (χ1n) is 11.5. The SMILES string of the molecule is COc1[nH]ncc1-c1ccc2c(C(=O)C3COc4ccc(Cl)cc4C3)cn(C[C@@H]3CCN3)c2c1. The van der Waals surface area contributed by atoms with Gasteiger partial charge in [-0.2, -0.15) is 5.10 Å². The summed E-state index contributed by atoms with van der Waals surface area (Å²) >= 11 is 6.18. The summed E-state index contributed by atoms with van der Waals surface area (Å²) in [5.41, 5.74) is 4.62. The Kier molecular flexibility index (Phi) is 5.31. The van der Waals surface area contributed by atoms with Crippen molar-refractivity contribution in [2.75, 3.05) is 20.3 Å². The van der Waals surface area contributed by atoms with Gasteiger partial charge in [-0.3, -0.25) is 4.79 Å². The Hall–Kier alpha value is -3.29. The minimum Gasteiger partial charge on any atom is -0.493 e. The molecule has 174 valence electrons. The fraction of sp³-hybridized carbons (Fsp3) is 0.308. The van der Waals surface area contributed by atoms with Gasteiger partial charge in [0.1, 0.15) is 5.75 Å². The molecule has 6 rings (SSSR count). The maximum atomic E-state index is 13.7. The quantitative estimate of drug-likeness (QED) is 0.401. The monoisotopic (exact) mass is 476 g/mol. The molecule has 0 bridgehead atoms. The van der Waals surface area contributed by atoms with Crippen LogP contribution < -0.4 is 14.8 Å². The number of H-pyrrole nitrogens is 1. The van der Waals surface area contributed by atoms with Crippen LogP contribution in [-0.2, 0) is 13.0 Å². The third kappa shape index (κ3) is 3.65. The molecule has 2 N–H and O–H groups in total. The van der Waals surface area contributed by atoms with Gasteiger partial charge in [0.15, 0.2) is 5.78 Å². The fourth-order valence-corrected chi connectivity index (χ4v) is 5.13. The first-order valence-corrected chi connectivity index (χ1v) is 11.9. The lowest BCUT2D eigenvalue weighted by molar-refractivity contribution is 0.0856. The standard InChI is InChI=1S/C26H25ClN4O3/c1-33-26-21(11-29-30-26)15-2-4-20-22(13-31(23(20)10-15)12-19-6-7-28-19)25(32)17-8-16-9-18(27)3-5-24(16)34-14-17/h2-5,9-11,13,17,19,28H,6-8,12,14H2,1H3,(H,29,30)/t17?,19-/m0/s1. The number of halogens is 1. The van der Waals surface area contributed by atoms with Crippen molar-refractivity contribution in [2.24, 2.45) is 5.92 Å². The van der Waals surface area contributed by atoms with E-state index < -0.39 is 0 Å². The number of hydrogen-bond acceptors (Lipinski definition) is 5. The van der Waals surface area contributed by atoms with Crippen molar-refractivity contribution in [1.82, 2.24) is 20.1 Å². The maximum absolute atomic E-state index is 13.7. The van der Waals surface area contributed by atoms with Crippen LogP contribution in [0.4, 0.5) is 0 Å². The average molecular weight is 477 g/mol. The number of hydrogen-bond donors (Lipinski definition) is 2. The second-order valence-electron chi connectivity index (χ2n) is 9.01. The topological polar surface area (TPSA) is 81.2 Å². The smallest absolute Gasteiger partial charge is 0.216 e. The number of ether oxygens (including phenoxy) is 2. The third-order valence-corrected chi connectivity index (χ3v) is 7.14. The Morgan fingerprint density at radius 2 is 2.18 bits per heavy atom. The number of nitrogens with one attached hydrogen (secondary N) is 2. The second kappa shape index (κ2) is 8.49. The Morgan fingerprint density at radius 3 is 2.97 bits per heavy atom. The highest BCUT2D eigenvalue weighted by Gasteiger charge is 2.30. The Labute approximate surface area is 202 Å². The van der Waals surface area contributed by atoms with Crippen molar-refractivity contribution in [3.63, 3.8) is 0 Å². The van der Waals surface area contributed by atoms with E-state index in [9.17, 15) is 4.79 Å². The number of aromatic nitrogens is 3. The third-order valence-electron chi connectivity index (χ3n) is 6.91. The highest BCUT2D eigenvalue weighted by molar-refractivity contribution is 6.30. The van der Waals surface area contributed by atoms with Gasteiger partial charge < -0.3 is 19.4 Å². The number of rotatable bonds is 6. The van der Waals surface area contributed by atoms with Crippen molar-refractivity contribution in [3.05, 3.63) is 64.9 Å². The van der Waals surface area contributed by atoms with Crippen molar-refractivity contribution in [2.45, 2.75) is 25.4 Å². The zero-order valence-corrected chi connectivity index (χ0v) is 19.6. The van der Waals surface area contributed by atoms with Crippen LogP contribution in [0.15, 0.2) is 48.8 Å². The lowest BCUT2D eigenvalue weighted by Gasteiger charge is -2.28. The molecule has 0 spiro atoms. The fourth-order valence-electron chi connectivity index (χ4n) is 4.94. The number of carbonyl (C=O) groups excluding carboxylic acids is 1. The number of benzene rings is 2. The lowest BCUT2D eigenvalue weighted by Crippen LogP contribution is -2.45. The van der Waals surface area contributed by atoms with Gasteiger partial charge in [-0.1, -0.05) is 23.7 Å². The Balaban J connectivity index is 1.39. The summed E-state index contributed by atoms with van der Waals surface area (Å²) in [4.78, 5) is 13.7. The summed E-state index contributed by atoms with van der Waals surface area (Å²) in [7, 11) is 1.62. The van der Waals surface area contributed by atoms with E-state index >= 15 is 0 Å². The van der Waals surface area contributed by atoms with Crippen LogP contribution in [0.25, 0.3) is 22.0 Å². The van der Waals surface area contributed by atoms with Gasteiger partial charge in [0, 0.05) is 40.3 Å². The molecule has 4 heterocycles. The zero-order valence-electron chi connectivity index (χ0n) is 18.8. The van der Waals surface area contributed by atoms with E-state index in [2.05, 4.69) is 26.1 Å². The number of methoxy groups -OCH3 is 1. The van der Waals surface area contributed by atoms with Crippen molar-refractivity contribution >= 4 is 28.3 Å². The molecule has 34 heavy (non-hydrogen) atoms. The van der Waals surface area contributed by atoms with Gasteiger partial charge >= 0.3 is 0 Å². The molecule has 2 aromatic heterocycles. The largest absolute Gasteiger partial charge is 0.493 e. The number of carbonyl (C=O) groups is 1. The summed E-state index contributed by atoms with van der Waals surface area (Å²) < 4.78 is 13.5. The van der Waals surface area contributed by atoms with Gasteiger partial charge in [0.05, 0.1) is 31.4 Å². The molecular weight excluding hydrogens is 452 g/mol. The predicted octanol–water partition coefficient (Wildman–Crippen LogP) is 4.49. The number of ketones is 1. The molecule has 0 saturated carbocycles. The molecule has 0 radical (unpaired) electrons. The molecule has 1 unspecified atom stereocenters. The number of fused-ring (bicyclic) bond motifs is 2. The summed E-state index contributed by atoms with van der Waals surface area (Å²) in [6, 6.07) is 12.2. The van der Waals surface area contributed by atoms with E-state index in [1.54, 1.807) is 13.3 Å². The van der Waals surface area contributed by atoms with Gasteiger partial charge in [-0.05, 0) is 54.8 Å². The van der Waals surface area contributed by atoms with E-state index in [4.69, 9.17) is 21.1 Å². The number of aromatic amines is 1. The van der Waals surface area contributed by atoms with Crippen LogP contribution in [0, 0.1) is 5.92 Å². The highest BCUT2D eigenvalue weighted by Crippen LogP contribution is 2.35. The molecule has 1 saturated heterocycles. The van der Waals surface area contributed by atoms with E-state index in [0.29, 0.717) is 30.0 Å². The molecule has 0 aliphatic carbocycles. The van der Waals surface area contributed by atoms with Gasteiger partial charge in [0.25, 0.3) is 0 Å². The molecule has 2 aliphatic rings. The van der Waals surface area contributed by atoms with Crippen LogP contribution in [-0.4, -0.2) is 46.9 Å². The minimum atomic E-state index is -0.250. The van der Waals surface area contributed by atoms with E-state index in [1.165, 1.54) is 0 Å². The first kappa shape index (κ1) is 21.3. The average Bonchev–Trinajstić information content (AvgIpc) is 3.44. The Morgan fingerprint density at radius 1 is 1.29 bits per heavy atom. The van der Waals surface area contributed by atoms with Crippen LogP contribution in [0.5, 0.6) is 11.6 Å². The molecule has 0 amide bonds. The molecule has 7 nitrogen and oxygen atoms in total. The molecule has 1 fully saturated rings. The van der Waals surface area contributed by atoms with Crippen molar-refractivity contribution < 1.29 is 14.3 Å². The normalized spacial score (nSPS) is 19.4. The molecular formula is C26H25ClN4O3. The molecule has 8 heteroatoms. The molecule has 2 aromatic carbocycles. The second-order valence-corrected chi connectivity index (χ2v) is 9.45. The van der Waals surface area contributed by atoms with Crippen LogP contribution >= 0.6 is 11.6 Å². The van der Waals surface area contributed by atoms with Crippen molar-refractivity contribution in [3.8, 4) is 22.8 Å². The van der Waals surface area contributed by atoms with Crippen LogP contribution in [0.2, 0.25) is 5.02 Å². The van der Waals surface area contributed by atoms with E-state index in [1.807, 2.05) is 36.5 Å². The van der Waals surface area contributed by atoms with Gasteiger partial charge in [-0.15, -0.1) is 0 Å². The van der Waals surface area contributed by atoms with E-state index in [-0.39, 0.29) is 11.7 Å². The minimum absolute atomic E-state index is 0.101. The van der Waals surface area contributed by atoms with Crippen LogP contribution in [0.3, 0.4) is 0 Å².